The Morgan fingerprint density at radius 3 is 2.21 bits per heavy atom. The van der Waals surface area contributed by atoms with Crippen LogP contribution in [0.4, 0.5) is 0 Å². The maximum Gasteiger partial charge on any atom is 1.00 e. The number of amides is 1. The molecule has 9 heteroatoms. The molecule has 0 heterocycles. The van der Waals surface area contributed by atoms with Gasteiger partial charge in [-0.05, 0) is 37.0 Å². The molecule has 1 aromatic carbocycles. The average Bonchev–Trinajstić information content (AvgIpc) is 2.63. The van der Waals surface area contributed by atoms with E-state index in [1.165, 1.54) is 37.1 Å². The molecule has 158 valence electrons. The van der Waals surface area contributed by atoms with Crippen LogP contribution < -0.4 is 40.0 Å². The Balaban J connectivity index is 0.00000784. The fraction of sp³-hybridized carbons (Fsp3) is 0.600. The molecule has 0 aliphatic carbocycles. The van der Waals surface area contributed by atoms with E-state index in [-0.39, 0.29) is 40.4 Å². The topological polar surface area (TPSA) is 124 Å². The van der Waals surface area contributed by atoms with Crippen LogP contribution in [0.25, 0.3) is 0 Å². The van der Waals surface area contributed by atoms with Crippen molar-refractivity contribution < 1.29 is 57.2 Å². The third-order valence-electron chi connectivity index (χ3n) is 4.61. The van der Waals surface area contributed by atoms with E-state index in [1.807, 2.05) is 0 Å². The van der Waals surface area contributed by atoms with Gasteiger partial charge >= 0.3 is 29.6 Å². The molecule has 7 nitrogen and oxygen atoms in total. The molecular formula is C20H30NNaO6S. The van der Waals surface area contributed by atoms with Gasteiger partial charge in [0.05, 0.1) is 4.90 Å². The van der Waals surface area contributed by atoms with Crippen LogP contribution in [0.5, 0.6) is 0 Å². The van der Waals surface area contributed by atoms with Gasteiger partial charge in [0, 0.05) is 24.9 Å². The molecule has 0 spiro atoms. The number of carboxylic acid groups (broad SMARTS) is 1. The first-order chi connectivity index (χ1) is 13.3. The van der Waals surface area contributed by atoms with Crippen molar-refractivity contribution >= 4 is 22.0 Å². The predicted octanol–water partition coefficient (Wildman–Crippen LogP) is -0.582. The van der Waals surface area contributed by atoms with E-state index >= 15 is 0 Å². The Morgan fingerprint density at radius 1 is 1.03 bits per heavy atom. The minimum Gasteiger partial charge on any atom is -0.549 e. The van der Waals surface area contributed by atoms with Gasteiger partial charge in [0.1, 0.15) is 0 Å². The Kier molecular flexibility index (Phi) is 14.5. The van der Waals surface area contributed by atoms with Gasteiger partial charge in [-0.2, -0.15) is 8.42 Å². The number of aliphatic carboxylic acids is 1. The molecule has 0 bridgehead atoms. The van der Waals surface area contributed by atoms with Crippen molar-refractivity contribution in [3.63, 3.8) is 0 Å². The number of carboxylic acids is 1. The van der Waals surface area contributed by atoms with Crippen molar-refractivity contribution in [1.82, 2.24) is 5.32 Å². The summed E-state index contributed by atoms with van der Waals surface area (Å²) in [6.07, 6.45) is 7.53. The fourth-order valence-corrected chi connectivity index (χ4v) is 3.45. The molecule has 0 radical (unpaired) electrons. The van der Waals surface area contributed by atoms with E-state index in [9.17, 15) is 23.1 Å². The number of rotatable bonds is 14. The van der Waals surface area contributed by atoms with Crippen molar-refractivity contribution in [2.24, 2.45) is 0 Å². The van der Waals surface area contributed by atoms with E-state index in [4.69, 9.17) is 4.55 Å². The second-order valence-electron chi connectivity index (χ2n) is 6.93. The summed E-state index contributed by atoms with van der Waals surface area (Å²) < 4.78 is 31.1. The number of carbonyl (C=O) groups excluding carboxylic acids is 2. The molecule has 1 rings (SSSR count). The Hall–Kier alpha value is -0.930. The second-order valence-corrected chi connectivity index (χ2v) is 8.35. The van der Waals surface area contributed by atoms with Crippen LogP contribution in [-0.4, -0.2) is 31.4 Å². The monoisotopic (exact) mass is 435 g/mol. The van der Waals surface area contributed by atoms with Crippen LogP contribution in [0.15, 0.2) is 29.2 Å². The minimum absolute atomic E-state index is 0. The number of hydrogen-bond acceptors (Lipinski definition) is 5. The number of benzene rings is 1. The zero-order valence-electron chi connectivity index (χ0n) is 17.4. The third-order valence-corrected chi connectivity index (χ3v) is 5.48. The number of unbranched alkanes of at least 4 members (excludes halogenated alkanes) is 5. The first kappa shape index (κ1) is 28.1. The van der Waals surface area contributed by atoms with Gasteiger partial charge in [-0.25, -0.2) is 0 Å². The van der Waals surface area contributed by atoms with Crippen LogP contribution in [-0.2, 0) is 19.7 Å². The zero-order valence-corrected chi connectivity index (χ0v) is 20.2. The maximum atomic E-state index is 11.7. The maximum absolute atomic E-state index is 11.7. The predicted molar refractivity (Wildman–Crippen MR) is 104 cm³/mol. The molecule has 0 saturated carbocycles. The van der Waals surface area contributed by atoms with E-state index in [0.717, 1.165) is 19.3 Å². The Bertz CT molecular complexity index is 721. The molecular weight excluding hydrogens is 405 g/mol. The molecule has 0 saturated heterocycles. The van der Waals surface area contributed by atoms with Gasteiger partial charge in [0.15, 0.2) is 0 Å². The van der Waals surface area contributed by atoms with Crippen LogP contribution in [0.1, 0.15) is 76.2 Å². The molecule has 1 aromatic rings. The molecule has 0 aromatic heterocycles. The van der Waals surface area contributed by atoms with Gasteiger partial charge in [0.25, 0.3) is 10.1 Å². The van der Waals surface area contributed by atoms with E-state index in [1.54, 1.807) is 0 Å². The van der Waals surface area contributed by atoms with Crippen molar-refractivity contribution in [2.45, 2.75) is 75.5 Å². The van der Waals surface area contributed by atoms with Crippen LogP contribution >= 0.6 is 0 Å². The minimum atomic E-state index is -4.31. The van der Waals surface area contributed by atoms with Crippen molar-refractivity contribution in [1.29, 1.82) is 0 Å². The number of carbonyl (C=O) groups is 2. The summed E-state index contributed by atoms with van der Waals surface area (Å²) in [5, 5.41) is 14.2. The van der Waals surface area contributed by atoms with Gasteiger partial charge in [-0.3, -0.25) is 9.35 Å². The number of nitrogens with one attached hydrogen (secondary N) is 1. The SMILES string of the molecule is CCCCCCCC(=O)NCCCCC(C(=O)[O-])c1ccc(S(=O)(=O)O)cc1.[Na+]. The van der Waals surface area contributed by atoms with Gasteiger partial charge in [0.2, 0.25) is 5.91 Å². The van der Waals surface area contributed by atoms with Gasteiger partial charge in [-0.1, -0.05) is 51.2 Å². The normalized spacial score (nSPS) is 12.1. The second kappa shape index (κ2) is 15.0. The summed E-state index contributed by atoms with van der Waals surface area (Å²) in [7, 11) is -4.31. The summed E-state index contributed by atoms with van der Waals surface area (Å²) in [6.45, 7) is 2.64. The molecule has 0 fully saturated rings. The van der Waals surface area contributed by atoms with Gasteiger partial charge in [-0.15, -0.1) is 0 Å². The smallest absolute Gasteiger partial charge is 0.549 e. The molecule has 29 heavy (non-hydrogen) atoms. The largest absolute Gasteiger partial charge is 1.00 e. The van der Waals surface area contributed by atoms with Crippen LogP contribution in [0.3, 0.4) is 0 Å². The summed E-state index contributed by atoms with van der Waals surface area (Å²) in [4.78, 5) is 22.8. The summed E-state index contributed by atoms with van der Waals surface area (Å²) in [5.41, 5.74) is 0.420. The van der Waals surface area contributed by atoms with Gasteiger partial charge < -0.3 is 15.2 Å². The first-order valence-electron chi connectivity index (χ1n) is 9.80. The molecule has 0 aliphatic heterocycles. The average molecular weight is 436 g/mol. The molecule has 2 N–H and O–H groups in total. The molecule has 0 aliphatic rings. The zero-order chi connectivity index (χ0) is 21.0. The van der Waals surface area contributed by atoms with Crippen molar-refractivity contribution in [3.8, 4) is 0 Å². The van der Waals surface area contributed by atoms with Crippen molar-refractivity contribution in [3.05, 3.63) is 29.8 Å². The first-order valence-corrected chi connectivity index (χ1v) is 11.2. The summed E-state index contributed by atoms with van der Waals surface area (Å²) in [6, 6.07) is 5.07. The molecule has 1 atom stereocenters. The van der Waals surface area contributed by atoms with Crippen LogP contribution in [0, 0.1) is 0 Å². The summed E-state index contributed by atoms with van der Waals surface area (Å²) >= 11 is 0. The molecule has 1 amide bonds. The summed E-state index contributed by atoms with van der Waals surface area (Å²) in [5.74, 6) is -2.09. The third kappa shape index (κ3) is 11.7. The van der Waals surface area contributed by atoms with E-state index in [2.05, 4.69) is 12.2 Å². The van der Waals surface area contributed by atoms with E-state index in [0.29, 0.717) is 37.8 Å². The van der Waals surface area contributed by atoms with Crippen molar-refractivity contribution in [2.75, 3.05) is 6.54 Å². The quantitative estimate of drug-likeness (QED) is 0.229. The Morgan fingerprint density at radius 2 is 1.66 bits per heavy atom. The fourth-order valence-electron chi connectivity index (χ4n) is 2.97. The van der Waals surface area contributed by atoms with Crippen LogP contribution in [0.2, 0.25) is 0 Å². The Labute approximate surface area is 195 Å². The van der Waals surface area contributed by atoms with E-state index < -0.39 is 22.0 Å². The molecule has 1 unspecified atom stereocenters. The number of hydrogen-bond donors (Lipinski definition) is 2. The standard InChI is InChI=1S/C20H31NO6S.Na/c1-2-3-4-5-6-10-19(22)21-15-8-7-9-18(20(23)24)16-11-13-17(14-12-16)28(25,26)27;/h11-14,18H,2-10,15H2,1H3,(H,21,22)(H,23,24)(H,25,26,27);/q;+1/p-1.